The molecule has 1 heterocycles. The highest BCUT2D eigenvalue weighted by Crippen LogP contribution is 2.44. The van der Waals surface area contributed by atoms with Gasteiger partial charge in [0.25, 0.3) is 0 Å². The van der Waals surface area contributed by atoms with Crippen LogP contribution in [0.15, 0.2) is 30.3 Å². The van der Waals surface area contributed by atoms with Crippen LogP contribution in [0.2, 0.25) is 0 Å². The van der Waals surface area contributed by atoms with Crippen LogP contribution in [-0.2, 0) is 11.3 Å². The number of ether oxygens (including phenoxy) is 4. The van der Waals surface area contributed by atoms with Crippen LogP contribution in [-0.4, -0.2) is 71.3 Å². The highest BCUT2D eigenvalue weighted by Gasteiger charge is 2.35. The Hall–Kier alpha value is -2.93. The summed E-state index contributed by atoms with van der Waals surface area (Å²) in [4.78, 5) is 17.5. The number of amides is 1. The Morgan fingerprint density at radius 2 is 1.63 bits per heavy atom. The summed E-state index contributed by atoms with van der Waals surface area (Å²) in [6.45, 7) is 1.98. The second-order valence-corrected chi connectivity index (χ2v) is 7.52. The maximum Gasteiger partial charge on any atom is 0.234 e. The summed E-state index contributed by atoms with van der Waals surface area (Å²) in [5.41, 5.74) is 2.85. The summed E-state index contributed by atoms with van der Waals surface area (Å²) in [5.74, 6) is 1.94. The average molecular weight is 415 g/mol. The molecule has 2 aromatic rings. The van der Waals surface area contributed by atoms with Crippen LogP contribution in [0, 0.1) is 0 Å². The lowest BCUT2D eigenvalue weighted by Crippen LogP contribution is -2.42. The molecule has 1 aliphatic rings. The van der Waals surface area contributed by atoms with Gasteiger partial charge in [0.05, 0.1) is 34.4 Å². The fraction of sp³-hybridized carbons (Fsp3) is 0.435. The van der Waals surface area contributed by atoms with Crippen molar-refractivity contribution >= 4 is 5.91 Å². The number of likely N-dealkylation sites (N-methyl/N-ethyl adjacent to an activating group) is 1. The van der Waals surface area contributed by atoms with Gasteiger partial charge in [0.15, 0.2) is 11.5 Å². The van der Waals surface area contributed by atoms with E-state index in [0.717, 1.165) is 29.0 Å². The van der Waals surface area contributed by atoms with Crippen LogP contribution in [0.1, 0.15) is 22.6 Å². The molecular formula is C23H30N2O5. The molecule has 0 aromatic heterocycles. The predicted octanol–water partition coefficient (Wildman–Crippen LogP) is 2.76. The van der Waals surface area contributed by atoms with E-state index in [1.807, 2.05) is 49.3 Å². The van der Waals surface area contributed by atoms with Gasteiger partial charge in [-0.05, 0) is 55.1 Å². The number of carbonyl (C=O) groups excluding carboxylic acids is 1. The number of carbonyl (C=O) groups is 1. The predicted molar refractivity (Wildman–Crippen MR) is 115 cm³/mol. The molecule has 1 unspecified atom stereocenters. The molecule has 30 heavy (non-hydrogen) atoms. The van der Waals surface area contributed by atoms with Gasteiger partial charge in [-0.3, -0.25) is 4.79 Å². The van der Waals surface area contributed by atoms with Crippen molar-refractivity contribution in [3.63, 3.8) is 0 Å². The van der Waals surface area contributed by atoms with Gasteiger partial charge in [0.2, 0.25) is 11.7 Å². The van der Waals surface area contributed by atoms with Crippen molar-refractivity contribution in [1.29, 1.82) is 0 Å². The third-order valence-electron chi connectivity index (χ3n) is 5.42. The molecular weight excluding hydrogens is 384 g/mol. The minimum Gasteiger partial charge on any atom is -0.497 e. The van der Waals surface area contributed by atoms with Gasteiger partial charge in [-0.2, -0.15) is 0 Å². The third kappa shape index (κ3) is 4.16. The van der Waals surface area contributed by atoms with Gasteiger partial charge in [0, 0.05) is 19.6 Å². The fourth-order valence-electron chi connectivity index (χ4n) is 3.83. The first-order chi connectivity index (χ1) is 14.4. The molecule has 3 rings (SSSR count). The van der Waals surface area contributed by atoms with E-state index >= 15 is 0 Å². The zero-order valence-corrected chi connectivity index (χ0v) is 18.5. The summed E-state index contributed by atoms with van der Waals surface area (Å²) < 4.78 is 21.9. The molecule has 0 radical (unpaired) electrons. The normalized spacial score (nSPS) is 15.8. The Labute approximate surface area is 178 Å². The van der Waals surface area contributed by atoms with Crippen molar-refractivity contribution in [2.75, 3.05) is 55.6 Å². The van der Waals surface area contributed by atoms with Gasteiger partial charge >= 0.3 is 0 Å². The van der Waals surface area contributed by atoms with Crippen molar-refractivity contribution in [1.82, 2.24) is 9.80 Å². The number of hydrogen-bond donors (Lipinski definition) is 0. The molecule has 0 aliphatic carbocycles. The number of benzene rings is 2. The van der Waals surface area contributed by atoms with Gasteiger partial charge in [-0.15, -0.1) is 0 Å². The lowest BCUT2D eigenvalue weighted by molar-refractivity contribution is -0.133. The van der Waals surface area contributed by atoms with E-state index in [2.05, 4.69) is 4.90 Å². The summed E-state index contributed by atoms with van der Waals surface area (Å²) >= 11 is 0. The Morgan fingerprint density at radius 3 is 2.17 bits per heavy atom. The van der Waals surface area contributed by atoms with Gasteiger partial charge in [0.1, 0.15) is 5.75 Å². The number of rotatable bonds is 8. The summed E-state index contributed by atoms with van der Waals surface area (Å²) in [7, 11) is 10.4. The van der Waals surface area contributed by atoms with E-state index in [9.17, 15) is 4.79 Å². The van der Waals surface area contributed by atoms with Crippen LogP contribution < -0.4 is 18.9 Å². The number of methoxy groups -OCH3 is 4. The lowest BCUT2D eigenvalue weighted by atomic mass is 9.83. The Kier molecular flexibility index (Phi) is 6.72. The van der Waals surface area contributed by atoms with Crippen LogP contribution in [0.5, 0.6) is 23.0 Å². The molecule has 162 valence electrons. The van der Waals surface area contributed by atoms with E-state index in [1.165, 1.54) is 0 Å². The molecule has 0 bridgehead atoms. The molecule has 1 atom stereocenters. The van der Waals surface area contributed by atoms with Crippen molar-refractivity contribution in [3.8, 4) is 23.0 Å². The first kappa shape index (κ1) is 21.8. The monoisotopic (exact) mass is 414 g/mol. The first-order valence-corrected chi connectivity index (χ1v) is 9.83. The average Bonchev–Trinajstić information content (AvgIpc) is 2.76. The van der Waals surface area contributed by atoms with Crippen molar-refractivity contribution < 1.29 is 23.7 Å². The van der Waals surface area contributed by atoms with E-state index in [0.29, 0.717) is 30.3 Å². The molecule has 2 aromatic carbocycles. The highest BCUT2D eigenvalue weighted by molar-refractivity contribution is 5.89. The molecule has 7 heteroatoms. The standard InChI is InChI=1S/C23H30N2O5/c1-24(2)9-10-25-14-16-11-17(27-3)7-8-18(16)21(23(25)26)15-12-19(28-4)22(30-6)20(13-15)29-5/h7-8,11-13,21H,9-10,14H2,1-6H3. The molecule has 0 N–H and O–H groups in total. The zero-order valence-electron chi connectivity index (χ0n) is 18.5. The van der Waals surface area contributed by atoms with Gasteiger partial charge < -0.3 is 28.7 Å². The largest absolute Gasteiger partial charge is 0.497 e. The van der Waals surface area contributed by atoms with E-state index in [1.54, 1.807) is 28.4 Å². The SMILES string of the molecule is COc1ccc2c(c1)CN(CCN(C)C)C(=O)C2c1cc(OC)c(OC)c(OC)c1. The Balaban J connectivity index is 2.13. The molecule has 0 saturated carbocycles. The maximum atomic E-state index is 13.6. The molecule has 0 saturated heterocycles. The zero-order chi connectivity index (χ0) is 21.8. The lowest BCUT2D eigenvalue weighted by Gasteiger charge is -2.35. The fourth-order valence-corrected chi connectivity index (χ4v) is 3.83. The first-order valence-electron chi connectivity index (χ1n) is 9.83. The minimum atomic E-state index is -0.462. The summed E-state index contributed by atoms with van der Waals surface area (Å²) in [5, 5.41) is 0. The van der Waals surface area contributed by atoms with Gasteiger partial charge in [-0.1, -0.05) is 6.07 Å². The Bertz CT molecular complexity index is 887. The van der Waals surface area contributed by atoms with Crippen molar-refractivity contribution in [3.05, 3.63) is 47.0 Å². The van der Waals surface area contributed by atoms with Gasteiger partial charge in [-0.25, -0.2) is 0 Å². The minimum absolute atomic E-state index is 0.0591. The second kappa shape index (κ2) is 9.26. The smallest absolute Gasteiger partial charge is 0.234 e. The maximum absolute atomic E-state index is 13.6. The second-order valence-electron chi connectivity index (χ2n) is 7.52. The van der Waals surface area contributed by atoms with E-state index in [-0.39, 0.29) is 5.91 Å². The van der Waals surface area contributed by atoms with Crippen molar-refractivity contribution in [2.24, 2.45) is 0 Å². The topological polar surface area (TPSA) is 60.5 Å². The van der Waals surface area contributed by atoms with Crippen LogP contribution in [0.4, 0.5) is 0 Å². The van der Waals surface area contributed by atoms with Crippen LogP contribution >= 0.6 is 0 Å². The van der Waals surface area contributed by atoms with Crippen LogP contribution in [0.3, 0.4) is 0 Å². The van der Waals surface area contributed by atoms with E-state index < -0.39 is 5.92 Å². The Morgan fingerprint density at radius 1 is 0.967 bits per heavy atom. The molecule has 1 aliphatic heterocycles. The molecule has 1 amide bonds. The highest BCUT2D eigenvalue weighted by atomic mass is 16.5. The number of hydrogen-bond acceptors (Lipinski definition) is 6. The van der Waals surface area contributed by atoms with Crippen LogP contribution in [0.25, 0.3) is 0 Å². The number of nitrogens with zero attached hydrogens (tertiary/aromatic N) is 2. The quantitative estimate of drug-likeness (QED) is 0.662. The number of fused-ring (bicyclic) bond motifs is 1. The summed E-state index contributed by atoms with van der Waals surface area (Å²) in [6, 6.07) is 9.59. The van der Waals surface area contributed by atoms with E-state index in [4.69, 9.17) is 18.9 Å². The molecule has 0 spiro atoms. The molecule has 7 nitrogen and oxygen atoms in total. The van der Waals surface area contributed by atoms with Crippen molar-refractivity contribution in [2.45, 2.75) is 12.5 Å². The third-order valence-corrected chi connectivity index (χ3v) is 5.42. The molecule has 0 fully saturated rings. The summed E-state index contributed by atoms with van der Waals surface area (Å²) in [6.07, 6.45) is 0.